The number of rotatable bonds is 9. The first-order valence-corrected chi connectivity index (χ1v) is 7.27. The summed E-state index contributed by atoms with van der Waals surface area (Å²) in [6, 6.07) is -0.770. The lowest BCUT2D eigenvalue weighted by Gasteiger charge is -2.22. The fourth-order valence-electron chi connectivity index (χ4n) is 1.66. The molecule has 6 heteroatoms. The average molecular weight is 287 g/mol. The molecule has 0 bridgehead atoms. The van der Waals surface area contributed by atoms with Gasteiger partial charge in [0.05, 0.1) is 0 Å². The van der Waals surface area contributed by atoms with Crippen molar-refractivity contribution in [3.05, 3.63) is 0 Å². The van der Waals surface area contributed by atoms with Crippen LogP contribution in [0.3, 0.4) is 0 Å². The Hall–Kier alpha value is -1.30. The zero-order valence-corrected chi connectivity index (χ0v) is 13.3. The van der Waals surface area contributed by atoms with Gasteiger partial charge in [-0.2, -0.15) is 0 Å². The Kier molecular flexibility index (Phi) is 8.96. The van der Waals surface area contributed by atoms with Crippen LogP contribution in [0.5, 0.6) is 0 Å². The van der Waals surface area contributed by atoms with Crippen molar-refractivity contribution < 1.29 is 14.7 Å². The van der Waals surface area contributed by atoms with E-state index < -0.39 is 18.0 Å². The molecule has 0 aromatic carbocycles. The summed E-state index contributed by atoms with van der Waals surface area (Å²) in [5.41, 5.74) is 0. The van der Waals surface area contributed by atoms with Gasteiger partial charge < -0.3 is 20.6 Å². The van der Waals surface area contributed by atoms with E-state index in [-0.39, 0.29) is 5.92 Å². The Morgan fingerprint density at radius 1 is 1.25 bits per heavy atom. The van der Waals surface area contributed by atoms with Crippen molar-refractivity contribution in [2.24, 2.45) is 5.92 Å². The van der Waals surface area contributed by atoms with Crippen molar-refractivity contribution in [1.29, 1.82) is 0 Å². The fourth-order valence-corrected chi connectivity index (χ4v) is 1.66. The molecule has 2 atom stereocenters. The Morgan fingerprint density at radius 3 is 2.30 bits per heavy atom. The van der Waals surface area contributed by atoms with Crippen molar-refractivity contribution >= 4 is 12.0 Å². The average Bonchev–Trinajstić information content (AvgIpc) is 2.39. The van der Waals surface area contributed by atoms with Gasteiger partial charge in [0.15, 0.2) is 0 Å². The Labute approximate surface area is 121 Å². The number of hydrogen-bond donors (Lipinski definition) is 3. The summed E-state index contributed by atoms with van der Waals surface area (Å²) in [6.45, 7) is 9.38. The molecule has 0 saturated carbocycles. The number of carboxylic acids is 1. The summed E-state index contributed by atoms with van der Waals surface area (Å²) in [5, 5.41) is 14.3. The predicted octanol–water partition coefficient (Wildman–Crippen LogP) is 1.52. The summed E-state index contributed by atoms with van der Waals surface area (Å²) < 4.78 is 0. The molecule has 20 heavy (non-hydrogen) atoms. The highest BCUT2D eigenvalue weighted by atomic mass is 16.4. The van der Waals surface area contributed by atoms with E-state index in [1.54, 1.807) is 0 Å². The van der Waals surface area contributed by atoms with E-state index in [2.05, 4.69) is 29.4 Å². The highest BCUT2D eigenvalue weighted by Crippen LogP contribution is 2.07. The number of hydrogen-bond acceptors (Lipinski definition) is 3. The summed E-state index contributed by atoms with van der Waals surface area (Å²) in [5.74, 6) is -1.08. The van der Waals surface area contributed by atoms with Crippen molar-refractivity contribution in [3.8, 4) is 0 Å². The lowest BCUT2D eigenvalue weighted by Crippen LogP contribution is -2.49. The van der Waals surface area contributed by atoms with Crippen molar-refractivity contribution in [2.45, 2.75) is 52.6 Å². The first-order valence-electron chi connectivity index (χ1n) is 7.27. The van der Waals surface area contributed by atoms with Crippen LogP contribution in [0.15, 0.2) is 0 Å². The van der Waals surface area contributed by atoms with E-state index in [4.69, 9.17) is 5.11 Å². The van der Waals surface area contributed by atoms with E-state index in [1.165, 1.54) is 0 Å². The molecular weight excluding hydrogens is 258 g/mol. The number of carbonyl (C=O) groups excluding carboxylic acids is 1. The van der Waals surface area contributed by atoms with Crippen LogP contribution >= 0.6 is 0 Å². The second-order valence-corrected chi connectivity index (χ2v) is 5.53. The number of carbonyl (C=O) groups is 2. The maximum absolute atomic E-state index is 11.7. The highest BCUT2D eigenvalue weighted by Gasteiger charge is 2.24. The number of aliphatic carboxylic acids is 1. The van der Waals surface area contributed by atoms with Crippen LogP contribution in [0.2, 0.25) is 0 Å². The molecule has 0 aromatic heterocycles. The van der Waals surface area contributed by atoms with Crippen molar-refractivity contribution in [1.82, 2.24) is 15.5 Å². The molecule has 0 aliphatic carbocycles. The normalized spacial score (nSPS) is 14.2. The predicted molar refractivity (Wildman–Crippen MR) is 79.8 cm³/mol. The lowest BCUT2D eigenvalue weighted by atomic mass is 9.99. The first kappa shape index (κ1) is 18.7. The van der Waals surface area contributed by atoms with Gasteiger partial charge in [0.2, 0.25) is 0 Å². The van der Waals surface area contributed by atoms with Gasteiger partial charge in [-0.15, -0.1) is 0 Å². The van der Waals surface area contributed by atoms with E-state index in [9.17, 15) is 9.59 Å². The second kappa shape index (κ2) is 9.58. The van der Waals surface area contributed by atoms with Gasteiger partial charge in [-0.3, -0.25) is 0 Å². The molecular formula is C14H29N3O3. The molecule has 0 saturated heterocycles. The van der Waals surface area contributed by atoms with Gasteiger partial charge in [-0.25, -0.2) is 9.59 Å². The maximum Gasteiger partial charge on any atom is 0.326 e. The topological polar surface area (TPSA) is 81.7 Å². The molecule has 0 aliphatic heterocycles. The summed E-state index contributed by atoms with van der Waals surface area (Å²) in [6.07, 6.45) is 1.54. The van der Waals surface area contributed by atoms with Gasteiger partial charge in [-0.1, -0.05) is 20.3 Å². The highest BCUT2D eigenvalue weighted by molar-refractivity contribution is 5.82. The molecule has 0 aromatic rings. The second-order valence-electron chi connectivity index (χ2n) is 5.53. The van der Waals surface area contributed by atoms with Gasteiger partial charge in [0.25, 0.3) is 0 Å². The lowest BCUT2D eigenvalue weighted by molar-refractivity contribution is -0.140. The molecule has 2 amide bonds. The minimum absolute atomic E-state index is 0.0923. The molecule has 0 heterocycles. The quantitative estimate of drug-likeness (QED) is 0.562. The van der Waals surface area contributed by atoms with E-state index in [0.29, 0.717) is 19.0 Å². The summed E-state index contributed by atoms with van der Waals surface area (Å²) in [4.78, 5) is 24.9. The molecule has 0 spiro atoms. The van der Waals surface area contributed by atoms with E-state index >= 15 is 0 Å². The minimum Gasteiger partial charge on any atom is -0.480 e. The number of carboxylic acid groups (broad SMARTS) is 1. The molecule has 0 unspecified atom stereocenters. The fraction of sp³-hybridized carbons (Fsp3) is 0.857. The van der Waals surface area contributed by atoms with Crippen LogP contribution in [0.4, 0.5) is 4.79 Å². The first-order chi connectivity index (χ1) is 9.29. The van der Waals surface area contributed by atoms with Crippen LogP contribution < -0.4 is 10.6 Å². The molecule has 0 radical (unpaired) electrons. The molecule has 118 valence electrons. The van der Waals surface area contributed by atoms with E-state index in [0.717, 1.165) is 13.0 Å². The van der Waals surface area contributed by atoms with E-state index in [1.807, 2.05) is 20.9 Å². The van der Waals surface area contributed by atoms with Crippen LogP contribution in [-0.2, 0) is 4.79 Å². The zero-order valence-electron chi connectivity index (χ0n) is 13.3. The van der Waals surface area contributed by atoms with Crippen LogP contribution in [-0.4, -0.2) is 54.2 Å². The SMILES string of the molecule is CC[C@H](C)[C@H](NC(=O)NCCCN(C)C(C)C)C(=O)O. The Bertz CT molecular complexity index is 308. The van der Waals surface area contributed by atoms with Crippen molar-refractivity contribution in [2.75, 3.05) is 20.1 Å². The van der Waals surface area contributed by atoms with Crippen molar-refractivity contribution in [3.63, 3.8) is 0 Å². The standard InChI is InChI=1S/C14H29N3O3/c1-6-11(4)12(13(18)19)16-14(20)15-8-7-9-17(5)10(2)3/h10-12H,6-9H2,1-5H3,(H,18,19)(H2,15,16,20)/t11-,12-/m0/s1. The van der Waals surface area contributed by atoms with Gasteiger partial charge in [-0.05, 0) is 39.8 Å². The third-order valence-electron chi connectivity index (χ3n) is 3.62. The molecule has 0 fully saturated rings. The largest absolute Gasteiger partial charge is 0.480 e. The van der Waals surface area contributed by atoms with Crippen LogP contribution in [0.1, 0.15) is 40.5 Å². The Balaban J connectivity index is 4.00. The Morgan fingerprint density at radius 2 is 1.85 bits per heavy atom. The smallest absolute Gasteiger partial charge is 0.326 e. The van der Waals surface area contributed by atoms with Gasteiger partial charge >= 0.3 is 12.0 Å². The maximum atomic E-state index is 11.7. The van der Waals surface area contributed by atoms with Crippen LogP contribution in [0.25, 0.3) is 0 Å². The third kappa shape index (κ3) is 7.33. The minimum atomic E-state index is -0.992. The molecule has 0 rings (SSSR count). The van der Waals surface area contributed by atoms with Gasteiger partial charge in [0, 0.05) is 12.6 Å². The summed E-state index contributed by atoms with van der Waals surface area (Å²) >= 11 is 0. The summed E-state index contributed by atoms with van der Waals surface area (Å²) in [7, 11) is 2.04. The number of amides is 2. The zero-order chi connectivity index (χ0) is 15.7. The number of nitrogens with zero attached hydrogens (tertiary/aromatic N) is 1. The molecule has 3 N–H and O–H groups in total. The third-order valence-corrected chi connectivity index (χ3v) is 3.62. The monoisotopic (exact) mass is 287 g/mol. The molecule has 0 aliphatic rings. The molecule has 6 nitrogen and oxygen atoms in total. The van der Waals surface area contributed by atoms with Crippen LogP contribution in [0, 0.1) is 5.92 Å². The van der Waals surface area contributed by atoms with Gasteiger partial charge in [0.1, 0.15) is 6.04 Å². The number of urea groups is 1. The number of nitrogens with one attached hydrogen (secondary N) is 2.